The third-order valence-corrected chi connectivity index (χ3v) is 5.86. The van der Waals surface area contributed by atoms with Gasteiger partial charge in [0.25, 0.3) is 0 Å². The van der Waals surface area contributed by atoms with Crippen LogP contribution in [0, 0.1) is 0 Å². The molecule has 2 fully saturated rings. The molecule has 20 heavy (non-hydrogen) atoms. The molecular formula is C12H19NO6S. The number of esters is 1. The second-order valence-corrected chi connectivity index (χ2v) is 7.32. The lowest BCUT2D eigenvalue weighted by Gasteiger charge is -2.34. The lowest BCUT2D eigenvalue weighted by molar-refractivity contribution is -0.162. The van der Waals surface area contributed by atoms with Gasteiger partial charge in [0.15, 0.2) is 15.9 Å². The largest absolute Gasteiger partial charge is 0.467 e. The summed E-state index contributed by atoms with van der Waals surface area (Å²) in [6.07, 6.45) is 0.881. The molecule has 7 nitrogen and oxygen atoms in total. The van der Waals surface area contributed by atoms with Crippen molar-refractivity contribution in [1.29, 1.82) is 0 Å². The maximum absolute atomic E-state index is 12.4. The summed E-state index contributed by atoms with van der Waals surface area (Å²) >= 11 is 0. The monoisotopic (exact) mass is 305 g/mol. The average molecular weight is 305 g/mol. The highest BCUT2D eigenvalue weighted by atomic mass is 32.2. The number of carbonyl (C=O) groups excluding carboxylic acids is 2. The van der Waals surface area contributed by atoms with E-state index in [-0.39, 0.29) is 18.9 Å². The number of methoxy groups -OCH3 is 1. The molecule has 0 aromatic rings. The van der Waals surface area contributed by atoms with Gasteiger partial charge in [0.05, 0.1) is 26.0 Å². The van der Waals surface area contributed by atoms with Gasteiger partial charge in [-0.1, -0.05) is 6.42 Å². The van der Waals surface area contributed by atoms with E-state index in [2.05, 4.69) is 4.74 Å². The molecule has 0 aromatic heterocycles. The van der Waals surface area contributed by atoms with Gasteiger partial charge in [-0.3, -0.25) is 4.79 Å². The quantitative estimate of drug-likeness (QED) is 0.630. The van der Waals surface area contributed by atoms with Crippen molar-refractivity contribution in [2.45, 2.75) is 30.6 Å². The summed E-state index contributed by atoms with van der Waals surface area (Å²) in [6.45, 7) is 0.564. The SMILES string of the molecule is COC(=O)C1CN(C(=O)C2CCCCS2(=O)=O)CCO1. The summed E-state index contributed by atoms with van der Waals surface area (Å²) in [7, 11) is -2.12. The van der Waals surface area contributed by atoms with Gasteiger partial charge in [-0.15, -0.1) is 0 Å². The first-order valence-corrected chi connectivity index (χ1v) is 8.37. The second kappa shape index (κ2) is 6.09. The van der Waals surface area contributed by atoms with E-state index in [1.807, 2.05) is 0 Å². The van der Waals surface area contributed by atoms with Crippen LogP contribution >= 0.6 is 0 Å². The zero-order valence-electron chi connectivity index (χ0n) is 11.4. The Morgan fingerprint density at radius 2 is 2.05 bits per heavy atom. The Morgan fingerprint density at radius 3 is 2.70 bits per heavy atom. The van der Waals surface area contributed by atoms with E-state index in [1.165, 1.54) is 12.0 Å². The van der Waals surface area contributed by atoms with Gasteiger partial charge >= 0.3 is 5.97 Å². The summed E-state index contributed by atoms with van der Waals surface area (Å²) in [5, 5.41) is -0.965. The Kier molecular flexibility index (Phi) is 4.64. The highest BCUT2D eigenvalue weighted by Gasteiger charge is 2.40. The van der Waals surface area contributed by atoms with Crippen molar-refractivity contribution < 1.29 is 27.5 Å². The molecular weight excluding hydrogens is 286 g/mol. The molecule has 2 aliphatic heterocycles. The third kappa shape index (κ3) is 3.12. The molecule has 2 atom stereocenters. The normalized spacial score (nSPS) is 29.8. The van der Waals surface area contributed by atoms with Gasteiger partial charge < -0.3 is 14.4 Å². The average Bonchev–Trinajstić information content (AvgIpc) is 2.45. The third-order valence-electron chi connectivity index (χ3n) is 3.70. The lowest BCUT2D eigenvalue weighted by Crippen LogP contribution is -2.53. The first-order valence-electron chi connectivity index (χ1n) is 6.65. The topological polar surface area (TPSA) is 90.0 Å². The minimum absolute atomic E-state index is 0.0531. The Balaban J connectivity index is 2.06. The van der Waals surface area contributed by atoms with Gasteiger partial charge in [0, 0.05) is 6.54 Å². The van der Waals surface area contributed by atoms with Crippen LogP contribution in [-0.2, 0) is 28.9 Å². The van der Waals surface area contributed by atoms with Crippen molar-refractivity contribution >= 4 is 21.7 Å². The number of sulfone groups is 1. The Morgan fingerprint density at radius 1 is 1.30 bits per heavy atom. The molecule has 0 N–H and O–H groups in total. The fourth-order valence-corrected chi connectivity index (χ4v) is 4.43. The Bertz CT molecular complexity index is 488. The molecule has 1 amide bonds. The first-order chi connectivity index (χ1) is 9.45. The van der Waals surface area contributed by atoms with Crippen molar-refractivity contribution in [1.82, 2.24) is 4.90 Å². The summed E-state index contributed by atoms with van der Waals surface area (Å²) in [5.74, 6) is -0.898. The summed E-state index contributed by atoms with van der Waals surface area (Å²) < 4.78 is 33.8. The smallest absolute Gasteiger partial charge is 0.336 e. The van der Waals surface area contributed by atoms with Gasteiger partial charge in [0.1, 0.15) is 5.25 Å². The molecule has 2 unspecified atom stereocenters. The van der Waals surface area contributed by atoms with Crippen LogP contribution < -0.4 is 0 Å². The molecule has 0 bridgehead atoms. The zero-order valence-corrected chi connectivity index (χ0v) is 12.2. The molecule has 8 heteroatoms. The summed E-state index contributed by atoms with van der Waals surface area (Å²) in [6, 6.07) is 0. The van der Waals surface area contributed by atoms with E-state index in [9.17, 15) is 18.0 Å². The van der Waals surface area contributed by atoms with Crippen molar-refractivity contribution in [3.63, 3.8) is 0 Å². The van der Waals surface area contributed by atoms with Crippen LogP contribution in [0.1, 0.15) is 19.3 Å². The molecule has 2 saturated heterocycles. The van der Waals surface area contributed by atoms with Crippen molar-refractivity contribution in [3.8, 4) is 0 Å². The molecule has 0 saturated carbocycles. The predicted octanol–water partition coefficient (Wildman–Crippen LogP) is -0.646. The van der Waals surface area contributed by atoms with E-state index in [1.54, 1.807) is 0 Å². The van der Waals surface area contributed by atoms with Crippen LogP contribution in [0.25, 0.3) is 0 Å². The maximum atomic E-state index is 12.4. The molecule has 114 valence electrons. The Labute approximate surface area is 118 Å². The molecule has 2 heterocycles. The standard InChI is InChI=1S/C12H19NO6S/c1-18-12(15)9-8-13(5-6-19-9)11(14)10-4-2-3-7-20(10,16)17/h9-10H,2-8H2,1H3. The zero-order chi connectivity index (χ0) is 14.8. The van der Waals surface area contributed by atoms with Crippen molar-refractivity contribution in [3.05, 3.63) is 0 Å². The molecule has 0 aliphatic carbocycles. The van der Waals surface area contributed by atoms with Gasteiger partial charge in [-0.2, -0.15) is 0 Å². The maximum Gasteiger partial charge on any atom is 0.336 e. The van der Waals surface area contributed by atoms with Crippen LogP contribution in [0.2, 0.25) is 0 Å². The van der Waals surface area contributed by atoms with Crippen molar-refractivity contribution in [2.24, 2.45) is 0 Å². The molecule has 2 rings (SSSR count). The molecule has 0 aromatic carbocycles. The van der Waals surface area contributed by atoms with Gasteiger partial charge in [-0.05, 0) is 12.8 Å². The van der Waals surface area contributed by atoms with E-state index in [0.717, 1.165) is 6.42 Å². The van der Waals surface area contributed by atoms with Crippen molar-refractivity contribution in [2.75, 3.05) is 32.6 Å². The van der Waals surface area contributed by atoms with E-state index in [0.29, 0.717) is 19.4 Å². The molecule has 2 aliphatic rings. The highest BCUT2D eigenvalue weighted by molar-refractivity contribution is 7.92. The molecule has 0 spiro atoms. The van der Waals surface area contributed by atoms with E-state index < -0.39 is 33.1 Å². The van der Waals surface area contributed by atoms with Crippen LogP contribution in [-0.4, -0.2) is 69.1 Å². The van der Waals surface area contributed by atoms with Crippen LogP contribution in [0.4, 0.5) is 0 Å². The number of hydrogen-bond acceptors (Lipinski definition) is 6. The fourth-order valence-electron chi connectivity index (χ4n) is 2.56. The number of ether oxygens (including phenoxy) is 2. The summed E-state index contributed by atoms with van der Waals surface area (Å²) in [5.41, 5.74) is 0. The van der Waals surface area contributed by atoms with Crippen LogP contribution in [0.3, 0.4) is 0 Å². The minimum atomic E-state index is -3.36. The minimum Gasteiger partial charge on any atom is -0.467 e. The summed E-state index contributed by atoms with van der Waals surface area (Å²) in [4.78, 5) is 25.2. The highest BCUT2D eigenvalue weighted by Crippen LogP contribution is 2.22. The Hall–Kier alpha value is -1.15. The number of rotatable bonds is 2. The van der Waals surface area contributed by atoms with Crippen LogP contribution in [0.5, 0.6) is 0 Å². The lowest BCUT2D eigenvalue weighted by atomic mass is 10.1. The first kappa shape index (κ1) is 15.2. The number of hydrogen-bond donors (Lipinski definition) is 0. The van der Waals surface area contributed by atoms with Gasteiger partial charge in [0.2, 0.25) is 5.91 Å². The number of carbonyl (C=O) groups is 2. The number of morpholine rings is 1. The molecule has 0 radical (unpaired) electrons. The van der Waals surface area contributed by atoms with Crippen LogP contribution in [0.15, 0.2) is 0 Å². The van der Waals surface area contributed by atoms with E-state index in [4.69, 9.17) is 4.74 Å². The number of nitrogens with zero attached hydrogens (tertiary/aromatic N) is 1. The predicted molar refractivity (Wildman–Crippen MR) is 69.8 cm³/mol. The fraction of sp³-hybridized carbons (Fsp3) is 0.833. The van der Waals surface area contributed by atoms with E-state index >= 15 is 0 Å². The number of amides is 1. The van der Waals surface area contributed by atoms with Gasteiger partial charge in [-0.25, -0.2) is 13.2 Å². The second-order valence-electron chi connectivity index (χ2n) is 5.02.